The molecule has 0 heterocycles. The lowest BCUT2D eigenvalue weighted by molar-refractivity contribution is 0.273. The lowest BCUT2D eigenvalue weighted by Crippen LogP contribution is -2.18. The van der Waals surface area contributed by atoms with Gasteiger partial charge in [0.15, 0.2) is 0 Å². The molecule has 0 radical (unpaired) electrons. The van der Waals surface area contributed by atoms with Crippen LogP contribution in [0, 0.1) is 17.3 Å². The summed E-state index contributed by atoms with van der Waals surface area (Å²) in [4.78, 5) is 0. The summed E-state index contributed by atoms with van der Waals surface area (Å²) in [5.41, 5.74) is 2.26. The van der Waals surface area contributed by atoms with Crippen LogP contribution in [0.15, 0.2) is 11.6 Å². The van der Waals surface area contributed by atoms with Crippen molar-refractivity contribution in [3.63, 3.8) is 0 Å². The number of hydrogen-bond donors (Lipinski definition) is 0. The Morgan fingerprint density at radius 3 is 2.18 bits per heavy atom. The molecule has 0 saturated heterocycles. The first-order chi connectivity index (χ1) is 4.62. The molecule has 11 heavy (non-hydrogen) atoms. The lowest BCUT2D eigenvalue weighted by atomic mass is 9.80. The molecule has 0 amide bonds. The summed E-state index contributed by atoms with van der Waals surface area (Å²) in [6, 6.07) is 0. The number of rotatable bonds is 0. The van der Waals surface area contributed by atoms with Gasteiger partial charge >= 0.3 is 0 Å². The van der Waals surface area contributed by atoms with Crippen LogP contribution in [0.2, 0.25) is 0 Å². The van der Waals surface area contributed by atoms with Gasteiger partial charge in [0.25, 0.3) is 0 Å². The number of allylic oxidation sites excluding steroid dienone is 2. The maximum absolute atomic E-state index is 2.49. The van der Waals surface area contributed by atoms with Gasteiger partial charge in [-0.1, -0.05) is 25.5 Å². The van der Waals surface area contributed by atoms with E-state index in [0.717, 1.165) is 11.8 Å². The van der Waals surface area contributed by atoms with E-state index in [2.05, 4.69) is 26.8 Å². The average molecular weight is 170 g/mol. The van der Waals surface area contributed by atoms with Crippen molar-refractivity contribution in [1.82, 2.24) is 0 Å². The van der Waals surface area contributed by atoms with Crippen molar-refractivity contribution in [2.24, 2.45) is 17.3 Å². The van der Waals surface area contributed by atoms with Crippen LogP contribution in [-0.2, 0) is 0 Å². The van der Waals surface area contributed by atoms with Crippen molar-refractivity contribution in [3.8, 4) is 0 Å². The Morgan fingerprint density at radius 2 is 2.00 bits per heavy atom. The van der Waals surface area contributed by atoms with E-state index in [0.29, 0.717) is 5.41 Å². The van der Waals surface area contributed by atoms with Crippen LogP contribution >= 0.6 is 13.5 Å². The van der Waals surface area contributed by atoms with Crippen molar-refractivity contribution in [1.29, 1.82) is 0 Å². The fourth-order valence-corrected chi connectivity index (χ4v) is 2.89. The van der Waals surface area contributed by atoms with Gasteiger partial charge < -0.3 is 0 Å². The molecule has 0 nitrogen and oxygen atoms in total. The van der Waals surface area contributed by atoms with Gasteiger partial charge in [-0.2, -0.15) is 13.5 Å². The Labute approximate surface area is 76.5 Å². The molecule has 0 aromatic rings. The second kappa shape index (κ2) is 2.55. The molecule has 2 bridgehead atoms. The minimum absolute atomic E-state index is 0. The van der Waals surface area contributed by atoms with Gasteiger partial charge in [0.1, 0.15) is 0 Å². The van der Waals surface area contributed by atoms with Gasteiger partial charge in [0, 0.05) is 0 Å². The Hall–Kier alpha value is 0.0900. The van der Waals surface area contributed by atoms with Gasteiger partial charge in [-0.05, 0) is 37.0 Å². The molecule has 2 rings (SSSR count). The van der Waals surface area contributed by atoms with Gasteiger partial charge in [-0.15, -0.1) is 0 Å². The highest BCUT2D eigenvalue weighted by molar-refractivity contribution is 7.59. The van der Waals surface area contributed by atoms with E-state index in [9.17, 15) is 0 Å². The smallest absolute Gasteiger partial charge is 0.0149 e. The van der Waals surface area contributed by atoms with Crippen LogP contribution < -0.4 is 0 Å². The first-order valence-corrected chi connectivity index (χ1v) is 4.30. The molecule has 2 aliphatic rings. The standard InChI is InChI=1S/C10H16.H2S/c1-7-6-8-4-5-9(7)10(8,2)3;/h6,8-9H,4-5H2,1-3H3;1H2. The predicted molar refractivity (Wildman–Crippen MR) is 54.1 cm³/mol. The van der Waals surface area contributed by atoms with Crippen LogP contribution in [-0.4, -0.2) is 0 Å². The summed E-state index contributed by atoms with van der Waals surface area (Å²) >= 11 is 0. The van der Waals surface area contributed by atoms with Crippen LogP contribution in [0.5, 0.6) is 0 Å². The molecule has 0 aromatic heterocycles. The van der Waals surface area contributed by atoms with Crippen molar-refractivity contribution < 1.29 is 0 Å². The molecule has 0 aromatic carbocycles. The second-order valence-electron chi connectivity index (χ2n) is 4.47. The molecule has 2 aliphatic carbocycles. The maximum Gasteiger partial charge on any atom is -0.0149 e. The maximum atomic E-state index is 2.49. The normalized spacial score (nSPS) is 38.3. The average Bonchev–Trinajstić information content (AvgIpc) is 2.20. The fraction of sp³-hybridized carbons (Fsp3) is 0.800. The first-order valence-electron chi connectivity index (χ1n) is 4.30. The van der Waals surface area contributed by atoms with Crippen LogP contribution in [0.25, 0.3) is 0 Å². The predicted octanol–water partition coefficient (Wildman–Crippen LogP) is 3.11. The van der Waals surface area contributed by atoms with E-state index in [1.807, 2.05) is 0 Å². The topological polar surface area (TPSA) is 0 Å². The largest absolute Gasteiger partial charge is 0.197 e. The van der Waals surface area contributed by atoms with Crippen LogP contribution in [0.1, 0.15) is 33.6 Å². The van der Waals surface area contributed by atoms with Crippen molar-refractivity contribution in [3.05, 3.63) is 11.6 Å². The van der Waals surface area contributed by atoms with Gasteiger partial charge in [-0.25, -0.2) is 0 Å². The second-order valence-corrected chi connectivity index (χ2v) is 4.47. The zero-order valence-electron chi connectivity index (χ0n) is 7.65. The summed E-state index contributed by atoms with van der Waals surface area (Å²) in [6.45, 7) is 7.14. The van der Waals surface area contributed by atoms with Crippen molar-refractivity contribution >= 4 is 13.5 Å². The summed E-state index contributed by atoms with van der Waals surface area (Å²) in [6.07, 6.45) is 5.38. The summed E-state index contributed by atoms with van der Waals surface area (Å²) < 4.78 is 0. The Balaban J connectivity index is 0.000000605. The Morgan fingerprint density at radius 1 is 1.36 bits per heavy atom. The third kappa shape index (κ3) is 1.05. The molecule has 1 heteroatoms. The Kier molecular flexibility index (Phi) is 2.13. The molecule has 2 unspecified atom stereocenters. The van der Waals surface area contributed by atoms with Crippen LogP contribution in [0.3, 0.4) is 0 Å². The van der Waals surface area contributed by atoms with Gasteiger partial charge in [-0.3, -0.25) is 0 Å². The van der Waals surface area contributed by atoms with E-state index in [-0.39, 0.29) is 13.5 Å². The monoisotopic (exact) mass is 170 g/mol. The molecule has 64 valence electrons. The quantitative estimate of drug-likeness (QED) is 0.490. The Bertz CT molecular complexity index is 191. The molecule has 0 N–H and O–H groups in total. The van der Waals surface area contributed by atoms with Gasteiger partial charge in [0.05, 0.1) is 0 Å². The lowest BCUT2D eigenvalue weighted by Gasteiger charge is -2.25. The third-order valence-corrected chi connectivity index (χ3v) is 3.63. The minimum Gasteiger partial charge on any atom is -0.197 e. The SMILES string of the molecule is CC1=CC2CCC1C2(C)C.S. The third-order valence-electron chi connectivity index (χ3n) is 3.63. The van der Waals surface area contributed by atoms with Crippen LogP contribution in [0.4, 0.5) is 0 Å². The van der Waals surface area contributed by atoms with E-state index in [1.54, 1.807) is 5.57 Å². The van der Waals surface area contributed by atoms with E-state index in [4.69, 9.17) is 0 Å². The molecule has 0 spiro atoms. The zero-order chi connectivity index (χ0) is 7.35. The summed E-state index contributed by atoms with van der Waals surface area (Å²) in [5, 5.41) is 0. The van der Waals surface area contributed by atoms with E-state index >= 15 is 0 Å². The zero-order valence-corrected chi connectivity index (χ0v) is 8.65. The van der Waals surface area contributed by atoms with Crippen molar-refractivity contribution in [2.75, 3.05) is 0 Å². The molecule has 1 fully saturated rings. The minimum atomic E-state index is 0. The molecule has 2 atom stereocenters. The first kappa shape index (κ1) is 9.18. The molecule has 1 saturated carbocycles. The fourth-order valence-electron chi connectivity index (χ4n) is 2.89. The van der Waals surface area contributed by atoms with E-state index < -0.39 is 0 Å². The highest BCUT2D eigenvalue weighted by Gasteiger charge is 2.46. The molecular formula is C10H18S. The summed E-state index contributed by atoms with van der Waals surface area (Å²) in [7, 11) is 0. The van der Waals surface area contributed by atoms with Gasteiger partial charge in [0.2, 0.25) is 0 Å². The number of fused-ring (bicyclic) bond motifs is 2. The van der Waals surface area contributed by atoms with Crippen molar-refractivity contribution in [2.45, 2.75) is 33.6 Å². The summed E-state index contributed by atoms with van der Waals surface area (Å²) in [5.74, 6) is 1.81. The highest BCUT2D eigenvalue weighted by Crippen LogP contribution is 2.56. The van der Waals surface area contributed by atoms with E-state index in [1.165, 1.54) is 12.8 Å². The molecular weight excluding hydrogens is 152 g/mol. The molecule has 0 aliphatic heterocycles. The number of hydrogen-bond acceptors (Lipinski definition) is 0. The highest BCUT2D eigenvalue weighted by atomic mass is 32.1.